The molecule has 2 N–H and O–H groups in total. The largest absolute Gasteiger partial charge is 0.508 e. The number of phenols is 1. The second kappa shape index (κ2) is 8.35. The van der Waals surface area contributed by atoms with Gasteiger partial charge in [-0.1, -0.05) is 6.07 Å². The van der Waals surface area contributed by atoms with Crippen LogP contribution in [0.25, 0.3) is 0 Å². The van der Waals surface area contributed by atoms with Gasteiger partial charge in [-0.25, -0.2) is 0 Å². The summed E-state index contributed by atoms with van der Waals surface area (Å²) in [6.45, 7) is 6.31. The summed E-state index contributed by atoms with van der Waals surface area (Å²) in [5, 5.41) is 12.5. The van der Waals surface area contributed by atoms with Gasteiger partial charge in [0.2, 0.25) is 0 Å². The Hall–Kier alpha value is -3.68. The Morgan fingerprint density at radius 1 is 0.939 bits per heavy atom. The number of carbonyl (C=O) groups is 4. The van der Waals surface area contributed by atoms with Crippen LogP contribution in [0.3, 0.4) is 0 Å². The van der Waals surface area contributed by atoms with Gasteiger partial charge < -0.3 is 15.3 Å². The summed E-state index contributed by atoms with van der Waals surface area (Å²) in [5.41, 5.74) is 0.680. The zero-order valence-corrected chi connectivity index (χ0v) is 18.9. The second-order valence-electron chi connectivity index (χ2n) is 9.47. The van der Waals surface area contributed by atoms with E-state index in [0.29, 0.717) is 42.6 Å². The molecule has 33 heavy (non-hydrogen) atoms. The fourth-order valence-corrected chi connectivity index (χ4v) is 4.31. The van der Waals surface area contributed by atoms with Gasteiger partial charge in [-0.3, -0.25) is 24.1 Å². The van der Waals surface area contributed by atoms with Gasteiger partial charge in [-0.15, -0.1) is 0 Å². The van der Waals surface area contributed by atoms with Gasteiger partial charge in [-0.2, -0.15) is 0 Å². The number of nitrogens with one attached hydrogen (secondary N) is 1. The third-order valence-corrected chi connectivity index (χ3v) is 6.03. The maximum Gasteiger partial charge on any atom is 0.262 e. The standard InChI is InChI=1S/C25H27N3O5/c1-25(2,3)28-23(32)19-8-7-16(14-20(19)24(28)33)22(31)27-11-9-17(10-12-27)26-21(30)15-5-4-6-18(29)13-15/h4-8,13-14,17,29H,9-12H2,1-3H3,(H,26,30). The van der Waals surface area contributed by atoms with Crippen LogP contribution in [0.1, 0.15) is 75.0 Å². The van der Waals surface area contributed by atoms with Crippen molar-refractivity contribution >= 4 is 23.6 Å². The molecule has 4 rings (SSSR count). The number of rotatable bonds is 3. The fraction of sp³-hybridized carbons (Fsp3) is 0.360. The van der Waals surface area contributed by atoms with Crippen LogP contribution in [-0.2, 0) is 0 Å². The molecule has 0 saturated carbocycles. The minimum atomic E-state index is -0.651. The molecule has 2 aliphatic heterocycles. The Kier molecular flexibility index (Phi) is 5.69. The van der Waals surface area contributed by atoms with Gasteiger partial charge in [0.1, 0.15) is 5.75 Å². The summed E-state index contributed by atoms with van der Waals surface area (Å²) in [5.74, 6) is -1.16. The molecular weight excluding hydrogens is 422 g/mol. The molecule has 172 valence electrons. The predicted octanol–water partition coefficient (Wildman–Crippen LogP) is 2.82. The Bertz CT molecular complexity index is 1140. The van der Waals surface area contributed by atoms with Crippen LogP contribution >= 0.6 is 0 Å². The number of phenolic OH excluding ortho intramolecular Hbond substituents is 1. The minimum Gasteiger partial charge on any atom is -0.508 e. The van der Waals surface area contributed by atoms with Crippen molar-refractivity contribution in [3.8, 4) is 5.75 Å². The number of hydrogen-bond acceptors (Lipinski definition) is 5. The van der Waals surface area contributed by atoms with Crippen molar-refractivity contribution in [1.82, 2.24) is 15.1 Å². The average molecular weight is 450 g/mol. The van der Waals surface area contributed by atoms with E-state index in [2.05, 4.69) is 5.32 Å². The molecule has 0 radical (unpaired) electrons. The quantitative estimate of drug-likeness (QED) is 0.701. The first-order valence-corrected chi connectivity index (χ1v) is 11.0. The van der Waals surface area contributed by atoms with Gasteiger partial charge >= 0.3 is 0 Å². The van der Waals surface area contributed by atoms with Crippen LogP contribution in [0.5, 0.6) is 5.75 Å². The molecule has 0 unspecified atom stereocenters. The van der Waals surface area contributed by atoms with Crippen LogP contribution in [-0.4, -0.2) is 63.2 Å². The third kappa shape index (κ3) is 4.33. The zero-order chi connectivity index (χ0) is 23.9. The first kappa shape index (κ1) is 22.5. The topological polar surface area (TPSA) is 107 Å². The van der Waals surface area contributed by atoms with Crippen molar-refractivity contribution in [3.05, 3.63) is 64.7 Å². The summed E-state index contributed by atoms with van der Waals surface area (Å²) >= 11 is 0. The van der Waals surface area contributed by atoms with Crippen molar-refractivity contribution in [2.75, 3.05) is 13.1 Å². The number of likely N-dealkylation sites (tertiary alicyclic amines) is 1. The highest BCUT2D eigenvalue weighted by Crippen LogP contribution is 2.30. The Morgan fingerprint density at radius 3 is 2.24 bits per heavy atom. The highest BCUT2D eigenvalue weighted by atomic mass is 16.3. The molecular formula is C25H27N3O5. The second-order valence-corrected chi connectivity index (χ2v) is 9.47. The normalized spacial score (nSPS) is 16.7. The Morgan fingerprint density at radius 2 is 1.61 bits per heavy atom. The molecule has 2 heterocycles. The molecule has 1 saturated heterocycles. The van der Waals surface area contributed by atoms with Crippen LogP contribution < -0.4 is 5.32 Å². The maximum atomic E-state index is 13.1. The number of carbonyl (C=O) groups excluding carboxylic acids is 4. The molecule has 0 atom stereocenters. The zero-order valence-electron chi connectivity index (χ0n) is 18.9. The highest BCUT2D eigenvalue weighted by Gasteiger charge is 2.42. The van der Waals surface area contributed by atoms with Gasteiger partial charge in [0.25, 0.3) is 23.6 Å². The van der Waals surface area contributed by atoms with Crippen molar-refractivity contribution in [2.45, 2.75) is 45.2 Å². The molecule has 2 aromatic rings. The van der Waals surface area contributed by atoms with Crippen LogP contribution in [0.15, 0.2) is 42.5 Å². The summed E-state index contributed by atoms with van der Waals surface area (Å²) in [6.07, 6.45) is 1.19. The highest BCUT2D eigenvalue weighted by molar-refractivity contribution is 6.22. The van der Waals surface area contributed by atoms with Crippen molar-refractivity contribution in [3.63, 3.8) is 0 Å². The smallest absolute Gasteiger partial charge is 0.262 e. The Balaban J connectivity index is 1.40. The van der Waals surface area contributed by atoms with Crippen molar-refractivity contribution in [2.24, 2.45) is 0 Å². The van der Waals surface area contributed by atoms with Gasteiger partial charge in [0, 0.05) is 35.8 Å². The minimum absolute atomic E-state index is 0.0308. The van der Waals surface area contributed by atoms with E-state index in [-0.39, 0.29) is 41.0 Å². The van der Waals surface area contributed by atoms with Crippen LogP contribution in [0.4, 0.5) is 0 Å². The molecule has 0 bridgehead atoms. The van der Waals surface area contributed by atoms with E-state index in [9.17, 15) is 24.3 Å². The van der Waals surface area contributed by atoms with Gasteiger partial charge in [0.05, 0.1) is 11.1 Å². The van der Waals surface area contributed by atoms with Crippen molar-refractivity contribution in [1.29, 1.82) is 0 Å². The molecule has 0 aromatic heterocycles. The van der Waals surface area contributed by atoms with E-state index < -0.39 is 5.54 Å². The maximum absolute atomic E-state index is 13.1. The van der Waals surface area contributed by atoms with E-state index >= 15 is 0 Å². The Labute approximate surface area is 192 Å². The average Bonchev–Trinajstić information content (AvgIpc) is 3.03. The molecule has 2 aliphatic rings. The SMILES string of the molecule is CC(C)(C)N1C(=O)c2ccc(C(=O)N3CCC(NC(=O)c4cccc(O)c4)CC3)cc2C1=O. The number of nitrogens with zero attached hydrogens (tertiary/aromatic N) is 2. The third-order valence-electron chi connectivity index (χ3n) is 6.03. The number of aromatic hydroxyl groups is 1. The number of benzene rings is 2. The summed E-state index contributed by atoms with van der Waals surface area (Å²) < 4.78 is 0. The summed E-state index contributed by atoms with van der Waals surface area (Å²) in [6, 6.07) is 10.7. The lowest BCUT2D eigenvalue weighted by molar-refractivity contribution is 0.0507. The number of imide groups is 1. The van der Waals surface area contributed by atoms with E-state index in [1.807, 2.05) is 0 Å². The van der Waals surface area contributed by atoms with Crippen molar-refractivity contribution < 1.29 is 24.3 Å². The molecule has 2 aromatic carbocycles. The lowest BCUT2D eigenvalue weighted by Crippen LogP contribution is -2.46. The first-order valence-electron chi connectivity index (χ1n) is 11.0. The van der Waals surface area contributed by atoms with Crippen LogP contribution in [0.2, 0.25) is 0 Å². The molecule has 0 spiro atoms. The summed E-state index contributed by atoms with van der Waals surface area (Å²) in [4.78, 5) is 53.8. The lowest BCUT2D eigenvalue weighted by Gasteiger charge is -2.32. The van der Waals surface area contributed by atoms with Crippen LogP contribution in [0, 0.1) is 0 Å². The number of fused-ring (bicyclic) bond motifs is 1. The van der Waals surface area contributed by atoms with E-state index in [4.69, 9.17) is 0 Å². The molecule has 4 amide bonds. The van der Waals surface area contributed by atoms with E-state index in [0.717, 1.165) is 0 Å². The molecule has 8 nitrogen and oxygen atoms in total. The molecule has 0 aliphatic carbocycles. The predicted molar refractivity (Wildman–Crippen MR) is 121 cm³/mol. The first-order chi connectivity index (χ1) is 15.6. The molecule has 8 heteroatoms. The summed E-state index contributed by atoms with van der Waals surface area (Å²) in [7, 11) is 0. The number of amides is 4. The van der Waals surface area contributed by atoms with Gasteiger partial charge in [-0.05, 0) is 70.0 Å². The molecule has 1 fully saturated rings. The van der Waals surface area contributed by atoms with E-state index in [1.165, 1.54) is 23.1 Å². The monoisotopic (exact) mass is 449 g/mol. The van der Waals surface area contributed by atoms with Gasteiger partial charge in [0.15, 0.2) is 0 Å². The number of piperidine rings is 1. The number of hydrogen-bond donors (Lipinski definition) is 2. The fourth-order valence-electron chi connectivity index (χ4n) is 4.31. The lowest BCUT2D eigenvalue weighted by atomic mass is 10.0. The van der Waals surface area contributed by atoms with E-state index in [1.54, 1.807) is 49.9 Å².